The Labute approximate surface area is 203 Å². The van der Waals surface area contributed by atoms with Gasteiger partial charge in [0, 0.05) is 32.6 Å². The highest BCUT2D eigenvalue weighted by Crippen LogP contribution is 2.42. The molecule has 0 N–H and O–H groups in total. The first-order valence-electron chi connectivity index (χ1n) is 13.3. The number of morpholine rings is 1. The van der Waals surface area contributed by atoms with Crippen molar-refractivity contribution in [2.24, 2.45) is 17.0 Å². The van der Waals surface area contributed by atoms with Crippen LogP contribution in [0, 0.1) is 11.8 Å². The van der Waals surface area contributed by atoms with E-state index >= 15 is 0 Å². The number of fused-ring (bicyclic) bond motifs is 3. The van der Waals surface area contributed by atoms with Gasteiger partial charge in [-0.25, -0.2) is 0 Å². The number of hydrogen-bond donors (Lipinski definition) is 0. The zero-order valence-corrected chi connectivity index (χ0v) is 20.3. The van der Waals surface area contributed by atoms with Gasteiger partial charge in [0.25, 0.3) is 0 Å². The number of rotatable bonds is 8. The number of likely N-dealkylation sites (tertiary alicyclic amines) is 1. The molecule has 5 aliphatic rings. The van der Waals surface area contributed by atoms with Gasteiger partial charge in [-0.05, 0) is 74.5 Å². The van der Waals surface area contributed by atoms with E-state index in [1.165, 1.54) is 32.1 Å². The second kappa shape index (κ2) is 11.5. The highest BCUT2D eigenvalue weighted by molar-refractivity contribution is 5.84. The van der Waals surface area contributed by atoms with Crippen molar-refractivity contribution < 1.29 is 19.1 Å². The molecule has 0 aromatic heterocycles. The van der Waals surface area contributed by atoms with Crippen LogP contribution in [0.3, 0.4) is 0 Å². The monoisotopic (exact) mass is 469 g/mol. The lowest BCUT2D eigenvalue weighted by atomic mass is 9.69. The Morgan fingerprint density at radius 3 is 2.41 bits per heavy atom. The van der Waals surface area contributed by atoms with E-state index in [0.717, 1.165) is 88.0 Å². The van der Waals surface area contributed by atoms with Crippen LogP contribution < -0.4 is 4.74 Å². The van der Waals surface area contributed by atoms with Crippen molar-refractivity contribution in [3.05, 3.63) is 29.8 Å². The first kappa shape index (κ1) is 23.6. The third-order valence-corrected chi connectivity index (χ3v) is 8.06. The number of carbonyl (C=O) groups excluding carboxylic acids is 1. The van der Waals surface area contributed by atoms with E-state index in [1.54, 1.807) is 0 Å². The number of benzene rings is 1. The number of piperidine rings is 1. The van der Waals surface area contributed by atoms with Crippen molar-refractivity contribution in [2.45, 2.75) is 70.1 Å². The zero-order chi connectivity index (χ0) is 23.2. The van der Waals surface area contributed by atoms with Crippen LogP contribution in [0.1, 0.15) is 56.9 Å². The molecule has 0 radical (unpaired) electrons. The molecule has 186 valence electrons. The van der Waals surface area contributed by atoms with Crippen LogP contribution in [0.2, 0.25) is 0 Å². The minimum absolute atomic E-state index is 0.273. The summed E-state index contributed by atoms with van der Waals surface area (Å²) in [6.07, 6.45) is 11.3. The number of carbonyl (C=O) groups is 1. The van der Waals surface area contributed by atoms with Crippen LogP contribution >= 0.6 is 0 Å². The maximum absolute atomic E-state index is 11.6. The van der Waals surface area contributed by atoms with E-state index in [0.29, 0.717) is 12.3 Å². The van der Waals surface area contributed by atoms with Crippen molar-refractivity contribution >= 4 is 12.1 Å². The van der Waals surface area contributed by atoms with E-state index in [9.17, 15) is 4.79 Å². The summed E-state index contributed by atoms with van der Waals surface area (Å²) in [5, 5.41) is 4.73. The largest absolute Gasteiger partial charge is 0.468 e. The van der Waals surface area contributed by atoms with Gasteiger partial charge in [0.15, 0.2) is 6.29 Å². The van der Waals surface area contributed by atoms with Crippen LogP contribution in [-0.2, 0) is 20.8 Å². The van der Waals surface area contributed by atoms with Gasteiger partial charge in [0.05, 0.1) is 13.2 Å². The fourth-order valence-corrected chi connectivity index (χ4v) is 5.97. The van der Waals surface area contributed by atoms with Gasteiger partial charge in [-0.1, -0.05) is 23.7 Å². The molecule has 2 unspecified atom stereocenters. The Kier molecular flexibility index (Phi) is 8.01. The summed E-state index contributed by atoms with van der Waals surface area (Å²) in [7, 11) is 0. The molecule has 5 fully saturated rings. The molecule has 0 spiro atoms. The van der Waals surface area contributed by atoms with Crippen molar-refractivity contribution in [1.29, 1.82) is 0 Å². The summed E-state index contributed by atoms with van der Waals surface area (Å²) < 4.78 is 11.6. The van der Waals surface area contributed by atoms with Gasteiger partial charge in [0.1, 0.15) is 17.7 Å². The van der Waals surface area contributed by atoms with Crippen molar-refractivity contribution in [1.82, 2.24) is 9.80 Å². The maximum atomic E-state index is 11.6. The van der Waals surface area contributed by atoms with Gasteiger partial charge in [0.2, 0.25) is 6.23 Å². The predicted molar refractivity (Wildman–Crippen MR) is 131 cm³/mol. The van der Waals surface area contributed by atoms with E-state index in [4.69, 9.17) is 19.5 Å². The number of hydrogen-bond acceptors (Lipinski definition) is 6. The van der Waals surface area contributed by atoms with Crippen molar-refractivity contribution in [2.75, 3.05) is 39.4 Å². The number of amidine groups is 1. The highest BCUT2D eigenvalue weighted by atomic mass is 16.6. The van der Waals surface area contributed by atoms with Crippen molar-refractivity contribution in [3.8, 4) is 5.75 Å². The Morgan fingerprint density at radius 2 is 1.76 bits per heavy atom. The number of aldehydes is 1. The summed E-state index contributed by atoms with van der Waals surface area (Å²) in [6, 6.07) is 8.08. The second-order valence-electron chi connectivity index (χ2n) is 10.3. The molecule has 6 rings (SSSR count). The van der Waals surface area contributed by atoms with Crippen LogP contribution in [-0.4, -0.2) is 73.6 Å². The normalized spacial score (nSPS) is 29.0. The average molecular weight is 470 g/mol. The number of oxime groups is 1. The molecule has 3 aliphatic carbocycles. The zero-order valence-electron chi connectivity index (χ0n) is 20.3. The lowest BCUT2D eigenvalue weighted by Gasteiger charge is -2.40. The molecular formula is C27H39N3O4. The van der Waals surface area contributed by atoms with Gasteiger partial charge < -0.3 is 19.2 Å². The molecule has 0 amide bonds. The quantitative estimate of drug-likeness (QED) is 0.249. The lowest BCUT2D eigenvalue weighted by Crippen LogP contribution is -2.43. The SMILES string of the molecule is O=CC(Oc1ccc(CC(=NOC2CC3CCC2CC3)N2CCOCC2)cc1)N1CCCCC1. The molecule has 2 aliphatic heterocycles. The van der Waals surface area contributed by atoms with E-state index in [1.807, 2.05) is 12.1 Å². The van der Waals surface area contributed by atoms with E-state index in [2.05, 4.69) is 21.9 Å². The maximum Gasteiger partial charge on any atom is 0.209 e. The first-order chi connectivity index (χ1) is 16.8. The van der Waals surface area contributed by atoms with Crippen molar-refractivity contribution in [3.63, 3.8) is 0 Å². The first-order valence-corrected chi connectivity index (χ1v) is 13.3. The molecule has 2 heterocycles. The van der Waals surface area contributed by atoms with Crippen LogP contribution in [0.5, 0.6) is 5.75 Å². The smallest absolute Gasteiger partial charge is 0.209 e. The van der Waals surface area contributed by atoms with Gasteiger partial charge in [-0.15, -0.1) is 0 Å². The third-order valence-electron chi connectivity index (χ3n) is 8.06. The summed E-state index contributed by atoms with van der Waals surface area (Å²) in [6.45, 7) is 4.98. The predicted octanol–water partition coefficient (Wildman–Crippen LogP) is 3.86. The number of nitrogens with zero attached hydrogens (tertiary/aromatic N) is 3. The third kappa shape index (κ3) is 5.92. The van der Waals surface area contributed by atoms with Crippen LogP contribution in [0.25, 0.3) is 0 Å². The summed E-state index contributed by atoms with van der Waals surface area (Å²) in [5.74, 6) is 3.20. The Bertz CT molecular complexity index is 810. The minimum Gasteiger partial charge on any atom is -0.468 e. The van der Waals surface area contributed by atoms with Crippen LogP contribution in [0.15, 0.2) is 29.4 Å². The molecular weight excluding hydrogens is 430 g/mol. The van der Waals surface area contributed by atoms with Gasteiger partial charge in [-0.2, -0.15) is 0 Å². The minimum atomic E-state index is -0.504. The molecule has 1 aromatic rings. The Hall–Kier alpha value is -2.12. The standard InChI is InChI=1S/C27H39N3O4/c31-20-27(30-12-2-1-3-13-30)33-24-10-6-22(7-11-24)19-26(29-14-16-32-17-15-29)28-34-25-18-21-4-8-23(25)9-5-21/h6-7,10-11,20-21,23,25,27H,1-5,8-9,12-19H2. The van der Waals surface area contributed by atoms with Crippen LogP contribution in [0.4, 0.5) is 0 Å². The fourth-order valence-electron chi connectivity index (χ4n) is 5.97. The molecule has 2 bridgehead atoms. The summed E-state index contributed by atoms with van der Waals surface area (Å²) in [5.41, 5.74) is 1.16. The molecule has 7 nitrogen and oxygen atoms in total. The van der Waals surface area contributed by atoms with E-state index < -0.39 is 6.23 Å². The van der Waals surface area contributed by atoms with Gasteiger partial charge >= 0.3 is 0 Å². The molecule has 3 saturated carbocycles. The molecule has 7 heteroatoms. The second-order valence-corrected chi connectivity index (χ2v) is 10.3. The summed E-state index contributed by atoms with van der Waals surface area (Å²) in [4.78, 5) is 22.3. The fraction of sp³-hybridized carbons (Fsp3) is 0.704. The Balaban J connectivity index is 1.23. The Morgan fingerprint density at radius 1 is 1.03 bits per heavy atom. The molecule has 2 saturated heterocycles. The molecule has 34 heavy (non-hydrogen) atoms. The molecule has 2 atom stereocenters. The van der Waals surface area contributed by atoms with Gasteiger partial charge in [-0.3, -0.25) is 9.69 Å². The average Bonchev–Trinajstić information content (AvgIpc) is 2.92. The summed E-state index contributed by atoms with van der Waals surface area (Å²) >= 11 is 0. The number of ether oxygens (including phenoxy) is 2. The topological polar surface area (TPSA) is 63.6 Å². The highest BCUT2D eigenvalue weighted by Gasteiger charge is 2.37. The lowest BCUT2D eigenvalue weighted by molar-refractivity contribution is -0.122. The molecule has 1 aromatic carbocycles. The van der Waals surface area contributed by atoms with E-state index in [-0.39, 0.29) is 6.10 Å².